The highest BCUT2D eigenvalue weighted by molar-refractivity contribution is 7.94. The molecule has 108 valence electrons. The highest BCUT2D eigenvalue weighted by atomic mass is 32.2. The predicted molar refractivity (Wildman–Crippen MR) is 74.6 cm³/mol. The summed E-state index contributed by atoms with van der Waals surface area (Å²) in [6.45, 7) is 4.99. The second-order valence-corrected chi connectivity index (χ2v) is 7.36. The van der Waals surface area contributed by atoms with Crippen LogP contribution < -0.4 is 4.72 Å². The maximum Gasteiger partial charge on any atom is 0.284 e. The SMILES string of the molecule is Cc1[nH]nc(NS(=O)(=O)c2cc([N+](=O)[O-])c(C)s2)c1C. The van der Waals surface area contributed by atoms with E-state index in [1.54, 1.807) is 13.8 Å². The van der Waals surface area contributed by atoms with Crippen LogP contribution in [0, 0.1) is 30.9 Å². The first-order chi connectivity index (χ1) is 9.22. The molecule has 10 heteroatoms. The normalized spacial score (nSPS) is 11.6. The third-order valence-corrected chi connectivity index (χ3v) is 5.67. The Balaban J connectivity index is 2.38. The van der Waals surface area contributed by atoms with Gasteiger partial charge in [-0.3, -0.25) is 19.9 Å². The number of nitro groups is 1. The molecule has 0 saturated heterocycles. The molecule has 0 fully saturated rings. The first-order valence-electron chi connectivity index (χ1n) is 5.51. The van der Waals surface area contributed by atoms with Crippen molar-refractivity contribution >= 4 is 32.9 Å². The number of anilines is 1. The van der Waals surface area contributed by atoms with Crippen molar-refractivity contribution in [3.63, 3.8) is 0 Å². The van der Waals surface area contributed by atoms with Gasteiger partial charge in [0.25, 0.3) is 15.7 Å². The second-order valence-electron chi connectivity index (χ2n) is 4.19. The number of hydrogen-bond acceptors (Lipinski definition) is 6. The van der Waals surface area contributed by atoms with Crippen molar-refractivity contribution in [3.05, 3.63) is 32.3 Å². The summed E-state index contributed by atoms with van der Waals surface area (Å²) in [6.07, 6.45) is 0. The molecular formula is C10H12N4O4S2. The highest BCUT2D eigenvalue weighted by Gasteiger charge is 2.25. The van der Waals surface area contributed by atoms with Crippen molar-refractivity contribution in [2.75, 3.05) is 4.72 Å². The first-order valence-corrected chi connectivity index (χ1v) is 7.81. The molecule has 0 amide bonds. The van der Waals surface area contributed by atoms with E-state index in [9.17, 15) is 18.5 Å². The topological polar surface area (TPSA) is 118 Å². The number of H-pyrrole nitrogens is 1. The van der Waals surface area contributed by atoms with E-state index >= 15 is 0 Å². The van der Waals surface area contributed by atoms with E-state index in [4.69, 9.17) is 0 Å². The first kappa shape index (κ1) is 14.5. The average Bonchev–Trinajstić information content (AvgIpc) is 2.87. The molecule has 0 spiro atoms. The van der Waals surface area contributed by atoms with Gasteiger partial charge in [0.05, 0.1) is 9.80 Å². The summed E-state index contributed by atoms with van der Waals surface area (Å²) in [5.74, 6) is 0.191. The number of aromatic amines is 1. The molecule has 0 aliphatic rings. The van der Waals surface area contributed by atoms with Crippen LogP contribution in [0.4, 0.5) is 11.5 Å². The molecule has 2 rings (SSSR count). The third kappa shape index (κ3) is 2.51. The molecule has 0 aliphatic carbocycles. The summed E-state index contributed by atoms with van der Waals surface area (Å²) in [5.41, 5.74) is 1.22. The van der Waals surface area contributed by atoms with Crippen LogP contribution in [-0.4, -0.2) is 23.5 Å². The molecule has 8 nitrogen and oxygen atoms in total. The molecule has 2 N–H and O–H groups in total. The standard InChI is InChI=1S/C10H12N4O4S2/c1-5-6(2)11-12-10(5)13-20(17,18)9-4-8(14(15)16)7(3)19-9/h4H,1-3H3,(H2,11,12,13). The minimum atomic E-state index is -3.88. The van der Waals surface area contributed by atoms with Gasteiger partial charge in [0.1, 0.15) is 4.21 Å². The number of nitrogens with one attached hydrogen (secondary N) is 2. The van der Waals surface area contributed by atoms with Gasteiger partial charge in [0.15, 0.2) is 5.82 Å². The summed E-state index contributed by atoms with van der Waals surface area (Å²) < 4.78 is 26.6. The van der Waals surface area contributed by atoms with E-state index < -0.39 is 14.9 Å². The Morgan fingerprint density at radius 3 is 2.50 bits per heavy atom. The molecule has 20 heavy (non-hydrogen) atoms. The third-order valence-electron chi connectivity index (χ3n) is 2.81. The molecule has 0 bridgehead atoms. The molecule has 0 radical (unpaired) electrons. The van der Waals surface area contributed by atoms with Crippen molar-refractivity contribution in [2.24, 2.45) is 0 Å². The van der Waals surface area contributed by atoms with Crippen molar-refractivity contribution in [1.82, 2.24) is 10.2 Å². The summed E-state index contributed by atoms with van der Waals surface area (Å²) in [5, 5.41) is 17.3. The lowest BCUT2D eigenvalue weighted by atomic mass is 10.3. The Kier molecular flexibility index (Phi) is 3.52. The van der Waals surface area contributed by atoms with Crippen LogP contribution in [0.15, 0.2) is 10.3 Å². The molecule has 0 saturated carbocycles. The van der Waals surface area contributed by atoms with Crippen LogP contribution in [0.25, 0.3) is 0 Å². The van der Waals surface area contributed by atoms with Gasteiger partial charge in [0.2, 0.25) is 0 Å². The smallest absolute Gasteiger partial charge is 0.280 e. The molecular weight excluding hydrogens is 304 g/mol. The lowest BCUT2D eigenvalue weighted by Gasteiger charge is -2.03. The molecule has 0 aromatic carbocycles. The largest absolute Gasteiger partial charge is 0.284 e. The number of nitrogens with zero attached hydrogens (tertiary/aromatic N) is 2. The van der Waals surface area contributed by atoms with Gasteiger partial charge in [-0.25, -0.2) is 8.42 Å². The monoisotopic (exact) mass is 316 g/mol. The number of aromatic nitrogens is 2. The molecule has 0 atom stereocenters. The Hall–Kier alpha value is -1.94. The van der Waals surface area contributed by atoms with Crippen LogP contribution in [0.3, 0.4) is 0 Å². The maximum atomic E-state index is 12.2. The Morgan fingerprint density at radius 1 is 1.40 bits per heavy atom. The van der Waals surface area contributed by atoms with Gasteiger partial charge in [-0.1, -0.05) is 0 Å². The van der Waals surface area contributed by atoms with E-state index in [1.165, 1.54) is 6.92 Å². The van der Waals surface area contributed by atoms with E-state index in [0.29, 0.717) is 10.4 Å². The number of sulfonamides is 1. The Labute approximate surface area is 119 Å². The number of aryl methyl sites for hydroxylation is 2. The van der Waals surface area contributed by atoms with Crippen LogP contribution >= 0.6 is 11.3 Å². The van der Waals surface area contributed by atoms with Crippen molar-refractivity contribution in [3.8, 4) is 0 Å². The zero-order chi connectivity index (χ0) is 15.1. The van der Waals surface area contributed by atoms with Gasteiger partial charge in [0, 0.05) is 17.3 Å². The van der Waals surface area contributed by atoms with E-state index in [2.05, 4.69) is 14.9 Å². The van der Waals surface area contributed by atoms with Gasteiger partial charge in [-0.05, 0) is 20.8 Å². The molecule has 0 unspecified atom stereocenters. The van der Waals surface area contributed by atoms with Crippen LogP contribution in [0.5, 0.6) is 0 Å². The summed E-state index contributed by atoms with van der Waals surface area (Å²) in [4.78, 5) is 10.5. The van der Waals surface area contributed by atoms with E-state index in [-0.39, 0.29) is 15.7 Å². The molecule has 2 aromatic rings. The minimum absolute atomic E-state index is 0.109. The minimum Gasteiger partial charge on any atom is -0.280 e. The van der Waals surface area contributed by atoms with Crippen LogP contribution in [0.1, 0.15) is 16.1 Å². The fourth-order valence-corrected chi connectivity index (χ4v) is 3.99. The van der Waals surface area contributed by atoms with Gasteiger partial charge in [-0.15, -0.1) is 11.3 Å². The lowest BCUT2D eigenvalue weighted by molar-refractivity contribution is -0.385. The molecule has 2 heterocycles. The number of rotatable bonds is 4. The molecule has 0 aliphatic heterocycles. The Bertz CT molecular complexity index is 775. The van der Waals surface area contributed by atoms with Crippen LogP contribution in [0.2, 0.25) is 0 Å². The molecule has 2 aromatic heterocycles. The fourth-order valence-electron chi connectivity index (χ4n) is 1.52. The van der Waals surface area contributed by atoms with E-state index in [1.807, 2.05) is 0 Å². The van der Waals surface area contributed by atoms with Crippen molar-refractivity contribution in [2.45, 2.75) is 25.0 Å². The zero-order valence-corrected chi connectivity index (χ0v) is 12.6. The van der Waals surface area contributed by atoms with Crippen molar-refractivity contribution in [1.29, 1.82) is 0 Å². The Morgan fingerprint density at radius 2 is 2.05 bits per heavy atom. The fraction of sp³-hybridized carbons (Fsp3) is 0.300. The predicted octanol–water partition coefficient (Wildman–Crippen LogP) is 2.11. The van der Waals surface area contributed by atoms with Gasteiger partial charge < -0.3 is 0 Å². The van der Waals surface area contributed by atoms with Crippen molar-refractivity contribution < 1.29 is 13.3 Å². The second kappa shape index (κ2) is 4.87. The maximum absolute atomic E-state index is 12.2. The van der Waals surface area contributed by atoms with Gasteiger partial charge in [-0.2, -0.15) is 5.10 Å². The van der Waals surface area contributed by atoms with Gasteiger partial charge >= 0.3 is 0 Å². The number of thiophene rings is 1. The summed E-state index contributed by atoms with van der Waals surface area (Å²) in [7, 11) is -3.88. The average molecular weight is 316 g/mol. The van der Waals surface area contributed by atoms with E-state index in [0.717, 1.165) is 23.1 Å². The zero-order valence-electron chi connectivity index (χ0n) is 10.9. The van der Waals surface area contributed by atoms with Crippen LogP contribution in [-0.2, 0) is 10.0 Å². The summed E-state index contributed by atoms with van der Waals surface area (Å²) in [6, 6.07) is 1.05. The highest BCUT2D eigenvalue weighted by Crippen LogP contribution is 2.32. The summed E-state index contributed by atoms with van der Waals surface area (Å²) >= 11 is 0.851. The number of hydrogen-bond donors (Lipinski definition) is 2. The lowest BCUT2D eigenvalue weighted by Crippen LogP contribution is -2.12. The quantitative estimate of drug-likeness (QED) is 0.661.